The second-order valence-corrected chi connectivity index (χ2v) is 8.76. The zero-order valence-corrected chi connectivity index (χ0v) is 17.1. The van der Waals surface area contributed by atoms with Gasteiger partial charge < -0.3 is 4.74 Å². The Kier molecular flexibility index (Phi) is 6.25. The van der Waals surface area contributed by atoms with E-state index in [2.05, 4.69) is 26.8 Å². The van der Waals surface area contributed by atoms with Crippen LogP contribution >= 0.6 is 11.3 Å². The molecule has 0 aliphatic rings. The number of nitrogens with zero attached hydrogens (tertiary/aromatic N) is 2. The van der Waals surface area contributed by atoms with Crippen molar-refractivity contribution in [3.05, 3.63) is 72.3 Å². The van der Waals surface area contributed by atoms with Crippen molar-refractivity contribution in [3.8, 4) is 5.75 Å². The van der Waals surface area contributed by atoms with Crippen molar-refractivity contribution in [2.75, 3.05) is 16.6 Å². The van der Waals surface area contributed by atoms with Gasteiger partial charge in [0, 0.05) is 11.6 Å². The summed E-state index contributed by atoms with van der Waals surface area (Å²) in [5.74, 6) is 0.0993. The second-order valence-electron chi connectivity index (χ2n) is 5.93. The van der Waals surface area contributed by atoms with Crippen LogP contribution in [0.3, 0.4) is 0 Å². The van der Waals surface area contributed by atoms with Crippen molar-refractivity contribution >= 4 is 38.1 Å². The van der Waals surface area contributed by atoms with Crippen molar-refractivity contribution < 1.29 is 17.9 Å². The summed E-state index contributed by atoms with van der Waals surface area (Å²) >= 11 is 0.755. The summed E-state index contributed by atoms with van der Waals surface area (Å²) < 4.78 is 32.7. The van der Waals surface area contributed by atoms with E-state index in [1.807, 2.05) is 13.0 Å². The fourth-order valence-corrected chi connectivity index (χ4v) is 4.27. The normalized spacial score (nSPS) is 10.9. The van der Waals surface area contributed by atoms with Gasteiger partial charge in [0.1, 0.15) is 12.4 Å². The minimum Gasteiger partial charge on any atom is -0.489 e. The number of nitrogens with one attached hydrogen (secondary N) is 2. The highest BCUT2D eigenvalue weighted by atomic mass is 32.2. The molecule has 0 radical (unpaired) electrons. The Balaban J connectivity index is 1.71. The largest absolute Gasteiger partial charge is 0.489 e. The Bertz CT molecular complexity index is 1140. The molecule has 1 aromatic heterocycles. The number of rotatable bonds is 8. The van der Waals surface area contributed by atoms with Gasteiger partial charge in [0.15, 0.2) is 0 Å². The SMILES string of the molecule is C=CCOc1cccc(NS(=O)(=O)c2nnc(NC(=O)c3cccc(C)c3)s2)c1. The van der Waals surface area contributed by atoms with E-state index in [0.717, 1.165) is 16.9 Å². The topological polar surface area (TPSA) is 110 Å². The van der Waals surface area contributed by atoms with Crippen molar-refractivity contribution in [2.45, 2.75) is 11.3 Å². The van der Waals surface area contributed by atoms with Gasteiger partial charge in [-0.2, -0.15) is 8.42 Å². The molecule has 0 bridgehead atoms. The molecule has 3 aromatic rings. The molecular weight excluding hydrogens is 412 g/mol. The number of aryl methyl sites for hydroxylation is 1. The summed E-state index contributed by atoms with van der Waals surface area (Å²) in [5, 5.41) is 10.1. The molecule has 3 rings (SSSR count). The van der Waals surface area contributed by atoms with E-state index in [1.165, 1.54) is 0 Å². The van der Waals surface area contributed by atoms with Crippen LogP contribution in [0.5, 0.6) is 5.75 Å². The van der Waals surface area contributed by atoms with Gasteiger partial charge >= 0.3 is 0 Å². The predicted molar refractivity (Wildman–Crippen MR) is 112 cm³/mol. The molecule has 2 aromatic carbocycles. The van der Waals surface area contributed by atoms with Crippen molar-refractivity contribution in [2.24, 2.45) is 0 Å². The van der Waals surface area contributed by atoms with Gasteiger partial charge in [0.25, 0.3) is 20.3 Å². The average molecular weight is 431 g/mol. The molecule has 0 aliphatic heterocycles. The van der Waals surface area contributed by atoms with E-state index >= 15 is 0 Å². The smallest absolute Gasteiger partial charge is 0.291 e. The molecule has 10 heteroatoms. The summed E-state index contributed by atoms with van der Waals surface area (Å²) in [6.07, 6.45) is 1.59. The Morgan fingerprint density at radius 2 is 2.00 bits per heavy atom. The average Bonchev–Trinajstić information content (AvgIpc) is 3.16. The molecule has 2 N–H and O–H groups in total. The van der Waals surface area contributed by atoms with Crippen LogP contribution in [0.2, 0.25) is 0 Å². The van der Waals surface area contributed by atoms with Crippen LogP contribution in [0.1, 0.15) is 15.9 Å². The number of sulfonamides is 1. The molecule has 0 saturated heterocycles. The maximum absolute atomic E-state index is 12.6. The Morgan fingerprint density at radius 3 is 2.76 bits per heavy atom. The highest BCUT2D eigenvalue weighted by Gasteiger charge is 2.21. The third-order valence-electron chi connectivity index (χ3n) is 3.59. The number of amides is 1. The fraction of sp³-hybridized carbons (Fsp3) is 0.105. The predicted octanol–water partition coefficient (Wildman–Crippen LogP) is 3.46. The molecule has 0 fully saturated rings. The minimum absolute atomic E-state index is 0.0833. The van der Waals surface area contributed by atoms with Crippen molar-refractivity contribution in [1.82, 2.24) is 10.2 Å². The number of hydrogen-bond donors (Lipinski definition) is 2. The van der Waals surface area contributed by atoms with Crippen LogP contribution in [-0.4, -0.2) is 31.1 Å². The van der Waals surface area contributed by atoms with Crippen LogP contribution in [0.4, 0.5) is 10.8 Å². The Morgan fingerprint density at radius 1 is 1.21 bits per heavy atom. The van der Waals surface area contributed by atoms with Crippen LogP contribution in [0, 0.1) is 6.92 Å². The van der Waals surface area contributed by atoms with Gasteiger partial charge in [-0.1, -0.05) is 47.8 Å². The highest BCUT2D eigenvalue weighted by Crippen LogP contribution is 2.25. The number of carbonyl (C=O) groups excluding carboxylic acids is 1. The highest BCUT2D eigenvalue weighted by molar-refractivity contribution is 7.94. The lowest BCUT2D eigenvalue weighted by atomic mass is 10.1. The van der Waals surface area contributed by atoms with Crippen LogP contribution < -0.4 is 14.8 Å². The van der Waals surface area contributed by atoms with Crippen LogP contribution in [-0.2, 0) is 10.0 Å². The molecule has 0 spiro atoms. The lowest BCUT2D eigenvalue weighted by molar-refractivity contribution is 0.102. The summed E-state index contributed by atoms with van der Waals surface area (Å²) in [6, 6.07) is 13.5. The first-order chi connectivity index (χ1) is 13.9. The minimum atomic E-state index is -3.97. The van der Waals surface area contributed by atoms with Gasteiger partial charge in [-0.05, 0) is 31.2 Å². The van der Waals surface area contributed by atoms with Gasteiger partial charge in [-0.25, -0.2) is 0 Å². The zero-order valence-electron chi connectivity index (χ0n) is 15.5. The van der Waals surface area contributed by atoms with E-state index in [1.54, 1.807) is 48.5 Å². The molecular formula is C19H18N4O4S2. The zero-order chi connectivity index (χ0) is 20.9. The molecule has 1 amide bonds. The molecule has 29 heavy (non-hydrogen) atoms. The Hall–Kier alpha value is -3.24. The summed E-state index contributed by atoms with van der Waals surface area (Å²) in [7, 11) is -3.97. The lowest BCUT2D eigenvalue weighted by Gasteiger charge is -2.08. The maximum atomic E-state index is 12.6. The van der Waals surface area contributed by atoms with Crippen LogP contribution in [0.25, 0.3) is 0 Å². The quantitative estimate of drug-likeness (QED) is 0.418. The number of carbonyl (C=O) groups is 1. The molecule has 150 valence electrons. The molecule has 0 atom stereocenters. The number of hydrogen-bond acceptors (Lipinski definition) is 7. The van der Waals surface area contributed by atoms with E-state index in [0.29, 0.717) is 23.6 Å². The van der Waals surface area contributed by atoms with E-state index in [4.69, 9.17) is 4.74 Å². The first-order valence-corrected chi connectivity index (χ1v) is 10.8. The van der Waals surface area contributed by atoms with Gasteiger partial charge in [-0.15, -0.1) is 10.2 Å². The number of anilines is 2. The van der Waals surface area contributed by atoms with Crippen molar-refractivity contribution in [1.29, 1.82) is 0 Å². The van der Waals surface area contributed by atoms with Gasteiger partial charge in [0.05, 0.1) is 5.69 Å². The number of aromatic nitrogens is 2. The van der Waals surface area contributed by atoms with E-state index in [-0.39, 0.29) is 9.47 Å². The molecule has 1 heterocycles. The van der Waals surface area contributed by atoms with Gasteiger partial charge in [-0.3, -0.25) is 14.8 Å². The third kappa shape index (κ3) is 5.39. The molecule has 0 saturated carbocycles. The number of ether oxygens (including phenoxy) is 1. The van der Waals surface area contributed by atoms with E-state index in [9.17, 15) is 13.2 Å². The molecule has 0 unspecified atom stereocenters. The third-order valence-corrected chi connectivity index (χ3v) is 6.18. The summed E-state index contributed by atoms with van der Waals surface area (Å²) in [5.41, 5.74) is 1.69. The van der Waals surface area contributed by atoms with Gasteiger partial charge in [0.2, 0.25) is 5.13 Å². The standard InChI is InChI=1S/C19H18N4O4S2/c1-3-10-27-16-9-5-8-15(12-16)23-29(25,26)19-22-21-18(28-19)20-17(24)14-7-4-6-13(2)11-14/h3-9,11-12,23H,1,10H2,2H3,(H,20,21,24). The van der Waals surface area contributed by atoms with Crippen molar-refractivity contribution in [3.63, 3.8) is 0 Å². The first kappa shape index (κ1) is 20.5. The monoisotopic (exact) mass is 430 g/mol. The number of benzene rings is 2. The summed E-state index contributed by atoms with van der Waals surface area (Å²) in [6.45, 7) is 5.74. The first-order valence-electron chi connectivity index (χ1n) is 8.45. The lowest BCUT2D eigenvalue weighted by Crippen LogP contribution is -2.12. The fourth-order valence-electron chi connectivity index (χ4n) is 2.33. The van der Waals surface area contributed by atoms with E-state index < -0.39 is 15.9 Å². The maximum Gasteiger partial charge on any atom is 0.291 e. The van der Waals surface area contributed by atoms with Crippen LogP contribution in [0.15, 0.2) is 65.5 Å². The molecule has 0 aliphatic carbocycles. The summed E-state index contributed by atoms with van der Waals surface area (Å²) in [4.78, 5) is 12.3. The molecule has 8 nitrogen and oxygen atoms in total. The second kappa shape index (κ2) is 8.84. The Labute approximate surface area is 172 Å².